The van der Waals surface area contributed by atoms with Crippen LogP contribution in [0.1, 0.15) is 35.6 Å². The highest BCUT2D eigenvalue weighted by atomic mass is 32.2. The number of nitrogens with two attached hydrogens (primary N) is 1. The lowest BCUT2D eigenvalue weighted by Crippen LogP contribution is -2.45. The van der Waals surface area contributed by atoms with Gasteiger partial charge in [0.15, 0.2) is 0 Å². The Hall–Kier alpha value is -1.84. The average Bonchev–Trinajstić information content (AvgIpc) is 3.11. The van der Waals surface area contributed by atoms with Crippen molar-refractivity contribution in [3.63, 3.8) is 0 Å². The van der Waals surface area contributed by atoms with Gasteiger partial charge in [-0.2, -0.15) is 9.19 Å². The van der Waals surface area contributed by atoms with E-state index in [0.717, 1.165) is 34.1 Å². The lowest BCUT2D eigenvalue weighted by molar-refractivity contribution is 0.125. The summed E-state index contributed by atoms with van der Waals surface area (Å²) in [7, 11) is -3.38. The van der Waals surface area contributed by atoms with Crippen molar-refractivity contribution in [1.82, 2.24) is 14.1 Å². The van der Waals surface area contributed by atoms with E-state index >= 15 is 0 Å². The van der Waals surface area contributed by atoms with Gasteiger partial charge < -0.3 is 5.73 Å². The highest BCUT2D eigenvalue weighted by molar-refractivity contribution is 7.89. The molecule has 0 bridgehead atoms. The highest BCUT2D eigenvalue weighted by Gasteiger charge is 2.56. The summed E-state index contributed by atoms with van der Waals surface area (Å²) in [5.74, 6) is -0.318. The number of aromatic nitrogens is 2. The van der Waals surface area contributed by atoms with Crippen LogP contribution in [0.5, 0.6) is 0 Å². The van der Waals surface area contributed by atoms with Crippen LogP contribution in [-0.2, 0) is 23.1 Å². The van der Waals surface area contributed by atoms with Crippen LogP contribution in [0.3, 0.4) is 0 Å². The van der Waals surface area contributed by atoms with Crippen molar-refractivity contribution < 1.29 is 17.2 Å². The molecule has 3 aliphatic rings. The lowest BCUT2D eigenvalue weighted by atomic mass is 9.77. The van der Waals surface area contributed by atoms with Crippen LogP contribution in [0, 0.1) is 23.5 Å². The zero-order chi connectivity index (χ0) is 19.8. The standard InChI is InChI=1S/C19H22F2N4O2S/c1-28(26,27)25-8-10-7-24(9-17(10)23-25)18-6-16(22)19(13-5-12(13)18)14-4-11(20)2-3-15(14)21/h2-4,8,12-13,16,18-19H,5-7,9,22H2,1H3/t12-,13+,16+,18?,19-/m1/s1. The van der Waals surface area contributed by atoms with Crippen LogP contribution >= 0.6 is 0 Å². The van der Waals surface area contributed by atoms with Crippen molar-refractivity contribution in [3.05, 3.63) is 52.9 Å². The number of halogens is 2. The minimum Gasteiger partial charge on any atom is -0.327 e. The largest absolute Gasteiger partial charge is 0.327 e. The molecule has 5 rings (SSSR count). The second kappa shape index (κ2) is 6.08. The van der Waals surface area contributed by atoms with E-state index in [1.807, 2.05) is 0 Å². The minimum absolute atomic E-state index is 0.156. The fraction of sp³-hybridized carbons (Fsp3) is 0.526. The van der Waals surface area contributed by atoms with Crippen LogP contribution in [0.4, 0.5) is 8.78 Å². The quantitative estimate of drug-likeness (QED) is 0.838. The molecule has 9 heteroatoms. The average molecular weight is 408 g/mol. The first-order chi connectivity index (χ1) is 13.2. The molecule has 6 nitrogen and oxygen atoms in total. The number of rotatable bonds is 3. The zero-order valence-corrected chi connectivity index (χ0v) is 16.2. The van der Waals surface area contributed by atoms with Crippen molar-refractivity contribution in [2.45, 2.75) is 43.9 Å². The Bertz CT molecular complexity index is 1030. The van der Waals surface area contributed by atoms with Gasteiger partial charge in [-0.15, -0.1) is 0 Å². The maximum Gasteiger partial charge on any atom is 0.250 e. The van der Waals surface area contributed by atoms with Gasteiger partial charge in [0, 0.05) is 42.9 Å². The van der Waals surface area contributed by atoms with Gasteiger partial charge in [0.1, 0.15) is 11.6 Å². The molecule has 0 spiro atoms. The summed E-state index contributed by atoms with van der Waals surface area (Å²) >= 11 is 0. The summed E-state index contributed by atoms with van der Waals surface area (Å²) in [4.78, 5) is 2.30. The second-order valence-corrected chi connectivity index (χ2v) is 10.2. The summed E-state index contributed by atoms with van der Waals surface area (Å²) in [5, 5.41) is 4.21. The van der Waals surface area contributed by atoms with Gasteiger partial charge in [-0.05, 0) is 48.4 Å². The molecule has 2 heterocycles. The molecule has 2 aromatic rings. The van der Waals surface area contributed by atoms with Gasteiger partial charge in [0.05, 0.1) is 11.9 Å². The van der Waals surface area contributed by atoms with E-state index in [9.17, 15) is 17.2 Å². The van der Waals surface area contributed by atoms with E-state index in [0.29, 0.717) is 31.0 Å². The van der Waals surface area contributed by atoms with E-state index in [-0.39, 0.29) is 29.7 Å². The summed E-state index contributed by atoms with van der Waals surface area (Å²) in [6.45, 7) is 1.24. The molecule has 1 aromatic carbocycles. The van der Waals surface area contributed by atoms with Crippen molar-refractivity contribution in [3.8, 4) is 0 Å². The van der Waals surface area contributed by atoms with Crippen molar-refractivity contribution in [2.24, 2.45) is 17.6 Å². The van der Waals surface area contributed by atoms with Gasteiger partial charge in [-0.25, -0.2) is 17.2 Å². The van der Waals surface area contributed by atoms with E-state index in [4.69, 9.17) is 5.73 Å². The molecule has 5 atom stereocenters. The molecule has 0 saturated heterocycles. The van der Waals surface area contributed by atoms with Crippen LogP contribution in [0.2, 0.25) is 0 Å². The van der Waals surface area contributed by atoms with Gasteiger partial charge in [-0.1, -0.05) is 0 Å². The Morgan fingerprint density at radius 2 is 1.96 bits per heavy atom. The number of benzene rings is 1. The van der Waals surface area contributed by atoms with Crippen molar-refractivity contribution in [2.75, 3.05) is 6.26 Å². The van der Waals surface area contributed by atoms with Gasteiger partial charge in [-0.3, -0.25) is 4.90 Å². The van der Waals surface area contributed by atoms with Crippen molar-refractivity contribution in [1.29, 1.82) is 0 Å². The Balaban J connectivity index is 1.34. The lowest BCUT2D eigenvalue weighted by Gasteiger charge is -2.38. The molecule has 2 N–H and O–H groups in total. The third-order valence-electron chi connectivity index (χ3n) is 6.53. The molecule has 2 saturated carbocycles. The van der Waals surface area contributed by atoms with E-state index in [1.165, 1.54) is 12.1 Å². The van der Waals surface area contributed by atoms with E-state index in [1.54, 1.807) is 6.20 Å². The normalized spacial score (nSPS) is 32.2. The highest BCUT2D eigenvalue weighted by Crippen LogP contribution is 2.58. The third kappa shape index (κ3) is 2.87. The smallest absolute Gasteiger partial charge is 0.250 e. The molecule has 1 aliphatic heterocycles. The molecule has 28 heavy (non-hydrogen) atoms. The van der Waals surface area contributed by atoms with Crippen LogP contribution in [-0.4, -0.2) is 40.8 Å². The van der Waals surface area contributed by atoms with Crippen LogP contribution in [0.15, 0.2) is 24.4 Å². The van der Waals surface area contributed by atoms with Gasteiger partial charge in [0.25, 0.3) is 10.0 Å². The first-order valence-corrected chi connectivity index (χ1v) is 11.3. The summed E-state index contributed by atoms with van der Waals surface area (Å²) in [6.07, 6.45) is 4.38. The summed E-state index contributed by atoms with van der Waals surface area (Å²) in [6, 6.07) is 3.62. The SMILES string of the molecule is CS(=O)(=O)n1cc2c(n1)CN(C1C[C@H](N)[C@@H](c3cc(F)ccc3F)[C@H]3C[C@@H]13)C2. The van der Waals surface area contributed by atoms with Crippen molar-refractivity contribution >= 4 is 10.0 Å². The minimum atomic E-state index is -3.38. The monoisotopic (exact) mass is 408 g/mol. The first-order valence-electron chi connectivity index (χ1n) is 9.45. The number of hydrogen-bond donors (Lipinski definition) is 1. The Kier molecular flexibility index (Phi) is 3.95. The zero-order valence-electron chi connectivity index (χ0n) is 15.4. The molecule has 0 radical (unpaired) electrons. The third-order valence-corrected chi connectivity index (χ3v) is 7.40. The second-order valence-electron chi connectivity index (χ2n) is 8.36. The Labute approximate surface area is 162 Å². The summed E-state index contributed by atoms with van der Waals surface area (Å²) < 4.78 is 52.3. The van der Waals surface area contributed by atoms with Gasteiger partial charge in [0.2, 0.25) is 0 Å². The Morgan fingerprint density at radius 1 is 1.18 bits per heavy atom. The molecular formula is C19H22F2N4O2S. The predicted octanol–water partition coefficient (Wildman–Crippen LogP) is 1.80. The number of hydrogen-bond acceptors (Lipinski definition) is 5. The maximum atomic E-state index is 14.3. The topological polar surface area (TPSA) is 81.2 Å². The fourth-order valence-electron chi connectivity index (χ4n) is 5.22. The van der Waals surface area contributed by atoms with E-state index in [2.05, 4.69) is 10.00 Å². The fourth-order valence-corrected chi connectivity index (χ4v) is 5.78. The van der Waals surface area contributed by atoms with Gasteiger partial charge >= 0.3 is 0 Å². The first kappa shape index (κ1) is 18.2. The molecule has 150 valence electrons. The van der Waals surface area contributed by atoms with E-state index < -0.39 is 15.8 Å². The molecule has 2 aliphatic carbocycles. The maximum absolute atomic E-state index is 14.3. The number of nitrogens with zero attached hydrogens (tertiary/aromatic N) is 3. The van der Waals surface area contributed by atoms with Crippen LogP contribution in [0.25, 0.3) is 0 Å². The predicted molar refractivity (Wildman–Crippen MR) is 98.8 cm³/mol. The molecular weight excluding hydrogens is 386 g/mol. The van der Waals surface area contributed by atoms with Crippen LogP contribution < -0.4 is 5.73 Å². The molecule has 0 amide bonds. The molecule has 1 unspecified atom stereocenters. The number of fused-ring (bicyclic) bond motifs is 2. The summed E-state index contributed by atoms with van der Waals surface area (Å²) in [5.41, 5.74) is 8.56. The molecule has 1 aromatic heterocycles. The Morgan fingerprint density at radius 3 is 2.68 bits per heavy atom. The molecule has 2 fully saturated rings.